The molecule has 1 aromatic carbocycles. The second kappa shape index (κ2) is 7.75. The molecular weight excluding hydrogens is 416 g/mol. The molecule has 0 bridgehead atoms. The third-order valence-corrected chi connectivity index (χ3v) is 7.24. The van der Waals surface area contributed by atoms with Crippen LogP contribution in [0.25, 0.3) is 34.3 Å². The zero-order valence-corrected chi connectivity index (χ0v) is 17.7. The van der Waals surface area contributed by atoms with Crippen molar-refractivity contribution in [2.45, 2.75) is 24.7 Å². The van der Waals surface area contributed by atoms with E-state index in [2.05, 4.69) is 15.1 Å². The summed E-state index contributed by atoms with van der Waals surface area (Å²) >= 11 is 0. The lowest BCUT2D eigenvalue weighted by Crippen LogP contribution is -2.27. The van der Waals surface area contributed by atoms with Crippen molar-refractivity contribution in [1.82, 2.24) is 19.4 Å². The van der Waals surface area contributed by atoms with Gasteiger partial charge < -0.3 is 8.94 Å². The number of furan rings is 1. The van der Waals surface area contributed by atoms with Gasteiger partial charge in [0.15, 0.2) is 5.76 Å². The number of pyridine rings is 1. The molecule has 5 rings (SSSR count). The Labute approximate surface area is 179 Å². The van der Waals surface area contributed by atoms with Crippen LogP contribution in [0.2, 0.25) is 0 Å². The zero-order chi connectivity index (χ0) is 21.4. The van der Waals surface area contributed by atoms with E-state index in [1.54, 1.807) is 30.5 Å². The van der Waals surface area contributed by atoms with Gasteiger partial charge in [0.05, 0.1) is 22.4 Å². The molecule has 8 nitrogen and oxygen atoms in total. The largest absolute Gasteiger partial charge is 0.463 e. The van der Waals surface area contributed by atoms with Crippen LogP contribution in [-0.4, -0.2) is 40.9 Å². The van der Waals surface area contributed by atoms with Gasteiger partial charge in [-0.15, -0.1) is 0 Å². The van der Waals surface area contributed by atoms with Crippen molar-refractivity contribution in [2.24, 2.45) is 0 Å². The predicted octanol–water partition coefficient (Wildman–Crippen LogP) is 4.15. The van der Waals surface area contributed by atoms with Gasteiger partial charge in [-0.25, -0.2) is 13.4 Å². The van der Waals surface area contributed by atoms with Crippen LogP contribution >= 0.6 is 0 Å². The molecule has 0 amide bonds. The minimum Gasteiger partial charge on any atom is -0.463 e. The molecule has 4 aromatic rings. The minimum absolute atomic E-state index is 0.274. The molecule has 0 radical (unpaired) electrons. The highest BCUT2D eigenvalue weighted by Crippen LogP contribution is 2.28. The van der Waals surface area contributed by atoms with E-state index in [1.165, 1.54) is 4.31 Å². The lowest BCUT2D eigenvalue weighted by atomic mass is 10.1. The van der Waals surface area contributed by atoms with Gasteiger partial charge in [-0.3, -0.25) is 0 Å². The van der Waals surface area contributed by atoms with Crippen LogP contribution in [0.1, 0.15) is 18.5 Å². The number of hydrogen-bond donors (Lipinski definition) is 0. The molecule has 1 saturated heterocycles. The fourth-order valence-electron chi connectivity index (χ4n) is 3.65. The van der Waals surface area contributed by atoms with Crippen molar-refractivity contribution in [2.75, 3.05) is 13.1 Å². The lowest BCUT2D eigenvalue weighted by molar-refractivity contribution is 0.432. The molecule has 0 unspecified atom stereocenters. The number of nitrogens with zero attached hydrogens (tertiary/aromatic N) is 4. The van der Waals surface area contributed by atoms with Gasteiger partial charge in [-0.2, -0.15) is 9.29 Å². The van der Waals surface area contributed by atoms with Crippen molar-refractivity contribution >= 4 is 10.0 Å². The second-order valence-corrected chi connectivity index (χ2v) is 9.30. The summed E-state index contributed by atoms with van der Waals surface area (Å²) in [6.45, 7) is 3.01. The Balaban J connectivity index is 1.39. The summed E-state index contributed by atoms with van der Waals surface area (Å²) in [6, 6.07) is 13.9. The molecule has 0 spiro atoms. The first-order valence-electron chi connectivity index (χ1n) is 9.98. The Morgan fingerprint density at radius 3 is 2.42 bits per heavy atom. The predicted molar refractivity (Wildman–Crippen MR) is 113 cm³/mol. The summed E-state index contributed by atoms with van der Waals surface area (Å²) in [4.78, 5) is 9.30. The van der Waals surface area contributed by atoms with Gasteiger partial charge in [-0.05, 0) is 68.3 Å². The minimum atomic E-state index is -3.45. The fourth-order valence-corrected chi connectivity index (χ4v) is 5.17. The highest BCUT2D eigenvalue weighted by atomic mass is 32.2. The number of benzene rings is 1. The Bertz CT molecular complexity index is 1310. The number of aryl methyl sites for hydroxylation is 1. The fraction of sp³-hybridized carbons (Fsp3) is 0.227. The maximum Gasteiger partial charge on any atom is 0.260 e. The number of rotatable bonds is 5. The molecule has 158 valence electrons. The summed E-state index contributed by atoms with van der Waals surface area (Å²) in [5.41, 5.74) is 2.85. The molecule has 3 aromatic heterocycles. The van der Waals surface area contributed by atoms with Gasteiger partial charge in [0.1, 0.15) is 5.69 Å². The first-order valence-corrected chi connectivity index (χ1v) is 11.4. The van der Waals surface area contributed by atoms with Crippen LogP contribution in [0.4, 0.5) is 0 Å². The summed E-state index contributed by atoms with van der Waals surface area (Å²) in [5, 5.41) is 4.05. The van der Waals surface area contributed by atoms with E-state index >= 15 is 0 Å². The van der Waals surface area contributed by atoms with Crippen molar-refractivity contribution in [1.29, 1.82) is 0 Å². The third kappa shape index (κ3) is 3.66. The molecule has 4 heterocycles. The maximum absolute atomic E-state index is 12.7. The molecule has 1 aliphatic heterocycles. The Kier molecular flexibility index (Phi) is 4.91. The van der Waals surface area contributed by atoms with Gasteiger partial charge in [0.25, 0.3) is 5.89 Å². The maximum atomic E-state index is 12.7. The van der Waals surface area contributed by atoms with E-state index < -0.39 is 10.0 Å². The van der Waals surface area contributed by atoms with Gasteiger partial charge in [0, 0.05) is 18.7 Å². The third-order valence-electron chi connectivity index (χ3n) is 5.33. The first kappa shape index (κ1) is 19.7. The summed E-state index contributed by atoms with van der Waals surface area (Å²) in [6.07, 6.45) is 3.41. The SMILES string of the molecule is Cc1nc(-c2ccco2)ccc1-c1nc(-c2ccc(S(=O)(=O)N3CCCC3)cc2)no1. The molecule has 31 heavy (non-hydrogen) atoms. The van der Waals surface area contributed by atoms with E-state index in [4.69, 9.17) is 8.94 Å². The first-order chi connectivity index (χ1) is 15.0. The molecule has 0 saturated carbocycles. The van der Waals surface area contributed by atoms with E-state index in [0.717, 1.165) is 29.8 Å². The topological polar surface area (TPSA) is 102 Å². The number of sulfonamides is 1. The van der Waals surface area contributed by atoms with Crippen molar-refractivity contribution < 1.29 is 17.4 Å². The van der Waals surface area contributed by atoms with Crippen molar-refractivity contribution in [3.05, 3.63) is 60.5 Å². The summed E-state index contributed by atoms with van der Waals surface area (Å²) in [7, 11) is -3.45. The molecule has 1 aliphatic rings. The average molecular weight is 436 g/mol. The molecule has 9 heteroatoms. The monoisotopic (exact) mass is 436 g/mol. The van der Waals surface area contributed by atoms with E-state index in [0.29, 0.717) is 36.1 Å². The second-order valence-electron chi connectivity index (χ2n) is 7.37. The Hall–Kier alpha value is -3.30. The standard InChI is InChI=1S/C22H20N4O4S/c1-15-18(10-11-19(23-15)20-5-4-14-29-20)22-24-21(25-30-22)16-6-8-17(9-7-16)31(27,28)26-12-2-3-13-26/h4-11,14H,2-3,12-13H2,1H3. The Morgan fingerprint density at radius 1 is 0.968 bits per heavy atom. The van der Waals surface area contributed by atoms with Crippen molar-refractivity contribution in [3.8, 4) is 34.3 Å². The molecular formula is C22H20N4O4S. The smallest absolute Gasteiger partial charge is 0.260 e. The number of aromatic nitrogens is 3. The van der Waals surface area contributed by atoms with E-state index in [9.17, 15) is 8.42 Å². The zero-order valence-electron chi connectivity index (χ0n) is 16.9. The Morgan fingerprint density at radius 2 is 1.74 bits per heavy atom. The van der Waals surface area contributed by atoms with Crippen LogP contribution in [0.3, 0.4) is 0 Å². The average Bonchev–Trinajstić information content (AvgIpc) is 3.56. The van der Waals surface area contributed by atoms with Gasteiger partial charge >= 0.3 is 0 Å². The van der Waals surface area contributed by atoms with Crippen LogP contribution in [-0.2, 0) is 10.0 Å². The number of hydrogen-bond acceptors (Lipinski definition) is 7. The van der Waals surface area contributed by atoms with Crippen LogP contribution in [0.5, 0.6) is 0 Å². The summed E-state index contributed by atoms with van der Waals surface area (Å²) in [5.74, 6) is 1.42. The van der Waals surface area contributed by atoms with Crippen LogP contribution < -0.4 is 0 Å². The van der Waals surface area contributed by atoms with Gasteiger partial charge in [-0.1, -0.05) is 5.16 Å². The molecule has 0 atom stereocenters. The van der Waals surface area contributed by atoms with Crippen molar-refractivity contribution in [3.63, 3.8) is 0 Å². The highest BCUT2D eigenvalue weighted by molar-refractivity contribution is 7.89. The van der Waals surface area contributed by atoms with Crippen LogP contribution in [0.15, 0.2) is 68.6 Å². The normalized spacial score (nSPS) is 14.9. The van der Waals surface area contributed by atoms with Gasteiger partial charge in [0.2, 0.25) is 15.8 Å². The molecule has 0 aliphatic carbocycles. The molecule has 0 N–H and O–H groups in total. The summed E-state index contributed by atoms with van der Waals surface area (Å²) < 4.78 is 37.7. The van der Waals surface area contributed by atoms with E-state index in [-0.39, 0.29) is 4.90 Å². The van der Waals surface area contributed by atoms with E-state index in [1.807, 2.05) is 31.2 Å². The van der Waals surface area contributed by atoms with Crippen LogP contribution in [0, 0.1) is 6.92 Å². The lowest BCUT2D eigenvalue weighted by Gasteiger charge is -2.15. The quantitative estimate of drug-likeness (QED) is 0.463. The highest BCUT2D eigenvalue weighted by Gasteiger charge is 2.27. The molecule has 1 fully saturated rings.